The SMILES string of the molecule is O=[N+]([O-])c1ccc(NC2CCCc3ccccc32)c(Br)c1. The quantitative estimate of drug-likeness (QED) is 0.638. The fraction of sp³-hybridized carbons (Fsp3) is 0.250. The van der Waals surface area contributed by atoms with Crippen LogP contribution in [0.25, 0.3) is 0 Å². The van der Waals surface area contributed by atoms with Gasteiger partial charge >= 0.3 is 0 Å². The zero-order chi connectivity index (χ0) is 14.8. The van der Waals surface area contributed by atoms with Crippen molar-refractivity contribution in [3.05, 3.63) is 68.2 Å². The fourth-order valence-electron chi connectivity index (χ4n) is 2.83. The van der Waals surface area contributed by atoms with Crippen molar-refractivity contribution in [1.29, 1.82) is 0 Å². The van der Waals surface area contributed by atoms with E-state index in [2.05, 4.69) is 45.5 Å². The van der Waals surface area contributed by atoms with E-state index in [9.17, 15) is 10.1 Å². The molecular formula is C16H15BrN2O2. The molecule has 3 rings (SSSR count). The Balaban J connectivity index is 1.86. The molecule has 0 saturated heterocycles. The van der Waals surface area contributed by atoms with Crippen LogP contribution in [0.1, 0.15) is 30.0 Å². The normalized spacial score (nSPS) is 17.1. The number of hydrogen-bond donors (Lipinski definition) is 1. The molecule has 5 heteroatoms. The molecule has 21 heavy (non-hydrogen) atoms. The van der Waals surface area contributed by atoms with E-state index in [4.69, 9.17) is 0 Å². The number of hydrogen-bond acceptors (Lipinski definition) is 3. The van der Waals surface area contributed by atoms with Gasteiger partial charge < -0.3 is 5.32 Å². The highest BCUT2D eigenvalue weighted by molar-refractivity contribution is 9.10. The highest BCUT2D eigenvalue weighted by atomic mass is 79.9. The number of nitro benzene ring substituents is 1. The van der Waals surface area contributed by atoms with Gasteiger partial charge in [-0.25, -0.2) is 0 Å². The third kappa shape index (κ3) is 2.93. The largest absolute Gasteiger partial charge is 0.377 e. The van der Waals surface area contributed by atoms with Gasteiger partial charge in [-0.2, -0.15) is 0 Å². The lowest BCUT2D eigenvalue weighted by atomic mass is 9.87. The maximum Gasteiger partial charge on any atom is 0.270 e. The summed E-state index contributed by atoms with van der Waals surface area (Å²) in [6, 6.07) is 13.6. The molecule has 0 saturated carbocycles. The maximum absolute atomic E-state index is 10.8. The zero-order valence-corrected chi connectivity index (χ0v) is 13.0. The van der Waals surface area contributed by atoms with E-state index in [-0.39, 0.29) is 16.7 Å². The van der Waals surface area contributed by atoms with Crippen LogP contribution in [-0.2, 0) is 6.42 Å². The van der Waals surface area contributed by atoms with Crippen molar-refractivity contribution >= 4 is 27.3 Å². The summed E-state index contributed by atoms with van der Waals surface area (Å²) in [7, 11) is 0. The Morgan fingerprint density at radius 3 is 2.81 bits per heavy atom. The van der Waals surface area contributed by atoms with Crippen molar-refractivity contribution in [2.75, 3.05) is 5.32 Å². The molecule has 4 nitrogen and oxygen atoms in total. The van der Waals surface area contributed by atoms with Crippen LogP contribution in [0.3, 0.4) is 0 Å². The van der Waals surface area contributed by atoms with Crippen molar-refractivity contribution in [1.82, 2.24) is 0 Å². The maximum atomic E-state index is 10.8. The Labute approximate surface area is 131 Å². The summed E-state index contributed by atoms with van der Waals surface area (Å²) in [5, 5.41) is 14.3. The van der Waals surface area contributed by atoms with Crippen LogP contribution in [0.4, 0.5) is 11.4 Å². The van der Waals surface area contributed by atoms with Gasteiger partial charge in [-0.15, -0.1) is 0 Å². The third-order valence-electron chi connectivity index (χ3n) is 3.86. The predicted octanol–water partition coefficient (Wildman–Crippen LogP) is 4.85. The Hall–Kier alpha value is -1.88. The lowest BCUT2D eigenvalue weighted by molar-refractivity contribution is -0.384. The molecule has 0 spiro atoms. The molecule has 0 heterocycles. The van der Waals surface area contributed by atoms with E-state index in [0.29, 0.717) is 0 Å². The Bertz CT molecular complexity index is 688. The van der Waals surface area contributed by atoms with Gasteiger partial charge in [0.1, 0.15) is 0 Å². The molecule has 2 aromatic rings. The summed E-state index contributed by atoms with van der Waals surface area (Å²) < 4.78 is 0.722. The van der Waals surface area contributed by atoms with Crippen molar-refractivity contribution in [3.8, 4) is 0 Å². The van der Waals surface area contributed by atoms with E-state index in [0.717, 1.165) is 29.4 Å². The molecule has 1 atom stereocenters. The molecule has 1 aliphatic carbocycles. The molecular weight excluding hydrogens is 332 g/mol. The first kappa shape index (κ1) is 14.1. The van der Waals surface area contributed by atoms with Crippen LogP contribution in [0, 0.1) is 10.1 Å². The monoisotopic (exact) mass is 346 g/mol. The van der Waals surface area contributed by atoms with Gasteiger partial charge in [-0.3, -0.25) is 10.1 Å². The molecule has 1 aliphatic rings. The molecule has 2 aromatic carbocycles. The van der Waals surface area contributed by atoms with Gasteiger partial charge in [0.2, 0.25) is 0 Å². The Morgan fingerprint density at radius 2 is 2.05 bits per heavy atom. The number of halogens is 1. The molecule has 0 aromatic heterocycles. The minimum atomic E-state index is -0.384. The number of nitrogens with zero attached hydrogens (tertiary/aromatic N) is 1. The summed E-state index contributed by atoms with van der Waals surface area (Å²) >= 11 is 3.42. The highest BCUT2D eigenvalue weighted by Gasteiger charge is 2.20. The lowest BCUT2D eigenvalue weighted by Crippen LogP contribution is -2.17. The summed E-state index contributed by atoms with van der Waals surface area (Å²) in [5.74, 6) is 0. The number of anilines is 1. The van der Waals surface area contributed by atoms with E-state index in [1.54, 1.807) is 6.07 Å². The summed E-state index contributed by atoms with van der Waals surface area (Å²) in [6.45, 7) is 0. The molecule has 1 unspecified atom stereocenters. The number of non-ortho nitro benzene ring substituents is 1. The van der Waals surface area contributed by atoms with Crippen LogP contribution in [0.15, 0.2) is 46.9 Å². The zero-order valence-electron chi connectivity index (χ0n) is 11.4. The third-order valence-corrected chi connectivity index (χ3v) is 4.52. The van der Waals surface area contributed by atoms with Gasteiger partial charge in [0.25, 0.3) is 5.69 Å². The Morgan fingerprint density at radius 1 is 1.24 bits per heavy atom. The molecule has 108 valence electrons. The van der Waals surface area contributed by atoms with Crippen molar-refractivity contribution in [2.24, 2.45) is 0 Å². The van der Waals surface area contributed by atoms with Crippen molar-refractivity contribution in [2.45, 2.75) is 25.3 Å². The van der Waals surface area contributed by atoms with Gasteiger partial charge in [-0.1, -0.05) is 24.3 Å². The predicted molar refractivity (Wildman–Crippen MR) is 86.5 cm³/mol. The summed E-state index contributed by atoms with van der Waals surface area (Å²) in [5.41, 5.74) is 3.70. The van der Waals surface area contributed by atoms with Crippen LogP contribution in [-0.4, -0.2) is 4.92 Å². The smallest absolute Gasteiger partial charge is 0.270 e. The summed E-state index contributed by atoms with van der Waals surface area (Å²) in [4.78, 5) is 10.4. The van der Waals surface area contributed by atoms with Gasteiger partial charge in [0.15, 0.2) is 0 Å². The molecule has 0 aliphatic heterocycles. The second kappa shape index (κ2) is 5.85. The van der Waals surface area contributed by atoms with Crippen LogP contribution >= 0.6 is 15.9 Å². The van der Waals surface area contributed by atoms with E-state index >= 15 is 0 Å². The fourth-order valence-corrected chi connectivity index (χ4v) is 3.31. The minimum Gasteiger partial charge on any atom is -0.377 e. The standard InChI is InChI=1S/C16H15BrN2O2/c17-14-10-12(19(20)21)8-9-16(14)18-15-7-3-5-11-4-1-2-6-13(11)15/h1-2,4,6,8-10,15,18H,3,5,7H2. The van der Waals surface area contributed by atoms with Gasteiger partial charge in [0.05, 0.1) is 11.0 Å². The first-order valence-corrected chi connectivity index (χ1v) is 7.73. The van der Waals surface area contributed by atoms with Crippen LogP contribution in [0.5, 0.6) is 0 Å². The average Bonchev–Trinajstić information content (AvgIpc) is 2.49. The average molecular weight is 347 g/mol. The highest BCUT2D eigenvalue weighted by Crippen LogP contribution is 2.35. The topological polar surface area (TPSA) is 55.2 Å². The van der Waals surface area contributed by atoms with Gasteiger partial charge in [0, 0.05) is 22.3 Å². The second-order valence-corrected chi connectivity index (χ2v) is 6.06. The van der Waals surface area contributed by atoms with E-state index in [1.165, 1.54) is 23.3 Å². The molecule has 0 fully saturated rings. The molecule has 0 amide bonds. The minimum absolute atomic E-state index is 0.0940. The van der Waals surface area contributed by atoms with Gasteiger partial charge in [-0.05, 0) is 52.4 Å². The number of fused-ring (bicyclic) bond motifs is 1. The number of benzene rings is 2. The number of rotatable bonds is 3. The molecule has 0 radical (unpaired) electrons. The molecule has 1 N–H and O–H groups in total. The Kier molecular flexibility index (Phi) is 3.92. The number of aryl methyl sites for hydroxylation is 1. The van der Waals surface area contributed by atoms with E-state index in [1.807, 2.05) is 0 Å². The second-order valence-electron chi connectivity index (χ2n) is 5.21. The van der Waals surface area contributed by atoms with Crippen LogP contribution < -0.4 is 5.32 Å². The number of nitrogens with one attached hydrogen (secondary N) is 1. The summed E-state index contributed by atoms with van der Waals surface area (Å²) in [6.07, 6.45) is 3.34. The van der Waals surface area contributed by atoms with Crippen molar-refractivity contribution in [3.63, 3.8) is 0 Å². The first-order chi connectivity index (χ1) is 10.1. The number of nitro groups is 1. The van der Waals surface area contributed by atoms with Crippen LogP contribution in [0.2, 0.25) is 0 Å². The lowest BCUT2D eigenvalue weighted by Gasteiger charge is -2.27. The molecule has 0 bridgehead atoms. The van der Waals surface area contributed by atoms with Crippen molar-refractivity contribution < 1.29 is 4.92 Å². The first-order valence-electron chi connectivity index (χ1n) is 6.93. The van der Waals surface area contributed by atoms with E-state index < -0.39 is 0 Å².